The van der Waals surface area contributed by atoms with Gasteiger partial charge in [-0.25, -0.2) is 4.98 Å². The molecule has 12 heavy (non-hydrogen) atoms. The molecule has 0 fully saturated rings. The van der Waals surface area contributed by atoms with E-state index in [9.17, 15) is 0 Å². The van der Waals surface area contributed by atoms with Gasteiger partial charge in [-0.2, -0.15) is 5.11 Å². The molecule has 0 N–H and O–H groups in total. The Morgan fingerprint density at radius 1 is 1.42 bits per heavy atom. The number of fused-ring (bicyclic) bond motifs is 1. The summed E-state index contributed by atoms with van der Waals surface area (Å²) in [6, 6.07) is 0. The molecule has 0 aliphatic carbocycles. The van der Waals surface area contributed by atoms with Crippen LogP contribution in [0.1, 0.15) is 31.2 Å². The summed E-state index contributed by atoms with van der Waals surface area (Å²) >= 11 is 0. The molecular weight excluding hydrogens is 152 g/mol. The Bertz CT molecular complexity index is 330. The maximum atomic E-state index is 4.33. The van der Waals surface area contributed by atoms with Crippen molar-refractivity contribution in [2.75, 3.05) is 0 Å². The first kappa shape index (κ1) is 7.34. The van der Waals surface area contributed by atoms with E-state index >= 15 is 0 Å². The SMILES string of the molecule is CC(C)c1cnc2c(n1)N=NC2. The van der Waals surface area contributed by atoms with Gasteiger partial charge in [0.25, 0.3) is 0 Å². The van der Waals surface area contributed by atoms with Crippen molar-refractivity contribution in [3.05, 3.63) is 17.6 Å². The Labute approximate surface area is 70.8 Å². The third-order valence-corrected chi connectivity index (χ3v) is 1.82. The highest BCUT2D eigenvalue weighted by Crippen LogP contribution is 2.23. The first-order chi connectivity index (χ1) is 5.77. The first-order valence-electron chi connectivity index (χ1n) is 4.00. The Balaban J connectivity index is 2.44. The van der Waals surface area contributed by atoms with Crippen LogP contribution < -0.4 is 0 Å². The molecule has 1 aliphatic rings. The summed E-state index contributed by atoms with van der Waals surface area (Å²) in [5.74, 6) is 1.10. The molecule has 1 aromatic rings. The molecule has 2 heterocycles. The van der Waals surface area contributed by atoms with Crippen LogP contribution in [0.4, 0.5) is 5.82 Å². The topological polar surface area (TPSA) is 50.5 Å². The molecule has 0 unspecified atom stereocenters. The van der Waals surface area contributed by atoms with E-state index < -0.39 is 0 Å². The van der Waals surface area contributed by atoms with E-state index in [2.05, 4.69) is 34.0 Å². The molecule has 4 heteroatoms. The lowest BCUT2D eigenvalue weighted by atomic mass is 10.1. The normalized spacial score (nSPS) is 13.9. The van der Waals surface area contributed by atoms with Crippen molar-refractivity contribution in [1.82, 2.24) is 9.97 Å². The van der Waals surface area contributed by atoms with E-state index in [1.165, 1.54) is 0 Å². The van der Waals surface area contributed by atoms with Crippen LogP contribution in [0.25, 0.3) is 0 Å². The Morgan fingerprint density at radius 2 is 2.25 bits per heavy atom. The molecule has 0 bridgehead atoms. The van der Waals surface area contributed by atoms with Gasteiger partial charge in [0.2, 0.25) is 0 Å². The molecule has 2 rings (SSSR count). The van der Waals surface area contributed by atoms with Gasteiger partial charge in [0.15, 0.2) is 5.82 Å². The van der Waals surface area contributed by atoms with Crippen LogP contribution in [0.3, 0.4) is 0 Å². The maximum absolute atomic E-state index is 4.33. The lowest BCUT2D eigenvalue weighted by Gasteiger charge is -2.03. The van der Waals surface area contributed by atoms with Crippen molar-refractivity contribution in [2.24, 2.45) is 10.2 Å². The van der Waals surface area contributed by atoms with Crippen LogP contribution in [0, 0.1) is 0 Å². The van der Waals surface area contributed by atoms with E-state index in [-0.39, 0.29) is 0 Å². The highest BCUT2D eigenvalue weighted by molar-refractivity contribution is 5.35. The zero-order chi connectivity index (χ0) is 8.55. The third kappa shape index (κ3) is 1.09. The van der Waals surface area contributed by atoms with Crippen molar-refractivity contribution in [2.45, 2.75) is 26.3 Å². The van der Waals surface area contributed by atoms with Crippen molar-refractivity contribution in [3.63, 3.8) is 0 Å². The predicted molar refractivity (Wildman–Crippen MR) is 44.3 cm³/mol. The van der Waals surface area contributed by atoms with E-state index in [1.807, 2.05) is 0 Å². The molecule has 1 aromatic heterocycles. The second-order valence-electron chi connectivity index (χ2n) is 3.12. The first-order valence-corrected chi connectivity index (χ1v) is 4.00. The van der Waals surface area contributed by atoms with Gasteiger partial charge in [-0.05, 0) is 5.92 Å². The monoisotopic (exact) mass is 162 g/mol. The van der Waals surface area contributed by atoms with Crippen LogP contribution in [0.15, 0.2) is 16.4 Å². The van der Waals surface area contributed by atoms with Gasteiger partial charge >= 0.3 is 0 Å². The number of rotatable bonds is 1. The molecule has 0 atom stereocenters. The van der Waals surface area contributed by atoms with Gasteiger partial charge in [-0.15, -0.1) is 5.11 Å². The third-order valence-electron chi connectivity index (χ3n) is 1.82. The minimum absolute atomic E-state index is 0.401. The fourth-order valence-corrected chi connectivity index (χ4v) is 1.06. The summed E-state index contributed by atoms with van der Waals surface area (Å²) in [5.41, 5.74) is 1.87. The van der Waals surface area contributed by atoms with Crippen LogP contribution in [-0.2, 0) is 6.54 Å². The number of azo groups is 1. The van der Waals surface area contributed by atoms with Crippen LogP contribution in [0.5, 0.6) is 0 Å². The van der Waals surface area contributed by atoms with Crippen molar-refractivity contribution < 1.29 is 0 Å². The van der Waals surface area contributed by atoms with Gasteiger partial charge in [-0.1, -0.05) is 13.8 Å². The molecule has 0 aromatic carbocycles. The highest BCUT2D eigenvalue weighted by Gasteiger charge is 2.12. The van der Waals surface area contributed by atoms with Crippen molar-refractivity contribution in [1.29, 1.82) is 0 Å². The predicted octanol–water partition coefficient (Wildman–Crippen LogP) is 2.20. The smallest absolute Gasteiger partial charge is 0.198 e. The van der Waals surface area contributed by atoms with Gasteiger partial charge in [0.05, 0.1) is 5.69 Å². The Morgan fingerprint density at radius 3 is 3.00 bits per heavy atom. The van der Waals surface area contributed by atoms with Crippen LogP contribution in [-0.4, -0.2) is 9.97 Å². The number of hydrogen-bond donors (Lipinski definition) is 0. The largest absolute Gasteiger partial charge is 0.253 e. The molecule has 0 saturated carbocycles. The van der Waals surface area contributed by atoms with Crippen LogP contribution >= 0.6 is 0 Å². The molecule has 62 valence electrons. The molecule has 0 spiro atoms. The number of aromatic nitrogens is 2. The maximum Gasteiger partial charge on any atom is 0.198 e. The lowest BCUT2D eigenvalue weighted by Crippen LogP contribution is -1.95. The van der Waals surface area contributed by atoms with Crippen molar-refractivity contribution in [3.8, 4) is 0 Å². The lowest BCUT2D eigenvalue weighted by molar-refractivity contribution is 0.808. The van der Waals surface area contributed by atoms with Gasteiger partial charge in [0.1, 0.15) is 12.2 Å². The van der Waals surface area contributed by atoms with Gasteiger partial charge in [0, 0.05) is 6.20 Å². The fraction of sp³-hybridized carbons (Fsp3) is 0.500. The molecule has 1 aliphatic heterocycles. The summed E-state index contributed by atoms with van der Waals surface area (Å²) in [6.07, 6.45) is 1.81. The molecule has 0 amide bonds. The minimum atomic E-state index is 0.401. The Hall–Kier alpha value is -1.32. The molecular formula is C8H10N4. The minimum Gasteiger partial charge on any atom is -0.253 e. The average molecular weight is 162 g/mol. The average Bonchev–Trinajstić information content (AvgIpc) is 2.49. The summed E-state index contributed by atoms with van der Waals surface area (Å²) in [5, 5.41) is 7.75. The molecule has 4 nitrogen and oxygen atoms in total. The van der Waals surface area contributed by atoms with E-state index in [0.29, 0.717) is 18.3 Å². The molecule has 0 radical (unpaired) electrons. The standard InChI is InChI=1S/C8H10N4/c1-5(2)6-3-9-7-4-10-12-8(7)11-6/h3,5H,4H2,1-2H3. The second-order valence-corrected chi connectivity index (χ2v) is 3.12. The second kappa shape index (κ2) is 2.62. The Kier molecular flexibility index (Phi) is 1.60. The fourth-order valence-electron chi connectivity index (χ4n) is 1.06. The van der Waals surface area contributed by atoms with Gasteiger partial charge in [-0.3, -0.25) is 4.98 Å². The van der Waals surface area contributed by atoms with Crippen molar-refractivity contribution >= 4 is 5.82 Å². The van der Waals surface area contributed by atoms with E-state index in [0.717, 1.165) is 11.4 Å². The summed E-state index contributed by atoms with van der Waals surface area (Å²) in [7, 11) is 0. The van der Waals surface area contributed by atoms with Crippen LogP contribution in [0.2, 0.25) is 0 Å². The summed E-state index contributed by atoms with van der Waals surface area (Å²) in [6.45, 7) is 4.76. The quantitative estimate of drug-likeness (QED) is 0.635. The number of nitrogens with zero attached hydrogens (tertiary/aromatic N) is 4. The highest BCUT2D eigenvalue weighted by atomic mass is 15.2. The van der Waals surface area contributed by atoms with E-state index in [1.54, 1.807) is 6.20 Å². The summed E-state index contributed by atoms with van der Waals surface area (Å²) < 4.78 is 0. The zero-order valence-electron chi connectivity index (χ0n) is 7.15. The van der Waals surface area contributed by atoms with E-state index in [4.69, 9.17) is 0 Å². The summed E-state index contributed by atoms with van der Waals surface area (Å²) in [4.78, 5) is 8.56. The number of hydrogen-bond acceptors (Lipinski definition) is 4. The van der Waals surface area contributed by atoms with Gasteiger partial charge < -0.3 is 0 Å². The molecule has 0 saturated heterocycles. The zero-order valence-corrected chi connectivity index (χ0v) is 7.15.